The molecule has 0 spiro atoms. The second kappa shape index (κ2) is 6.30. The number of rotatable bonds is 3. The van der Waals surface area contributed by atoms with Gasteiger partial charge < -0.3 is 10.1 Å². The number of halogens is 2. The lowest BCUT2D eigenvalue weighted by atomic mass is 10.2. The van der Waals surface area contributed by atoms with Gasteiger partial charge in [0.15, 0.2) is 0 Å². The summed E-state index contributed by atoms with van der Waals surface area (Å²) in [6, 6.07) is 2.21. The minimum absolute atomic E-state index is 0.000155. The van der Waals surface area contributed by atoms with Crippen LogP contribution in [0.25, 0.3) is 0 Å². The van der Waals surface area contributed by atoms with E-state index in [0.29, 0.717) is 5.57 Å². The van der Waals surface area contributed by atoms with Crippen LogP contribution in [0.2, 0.25) is 10.0 Å². The van der Waals surface area contributed by atoms with E-state index in [2.05, 4.69) is 11.2 Å². The molecule has 0 atom stereocenters. The molecular formula is C15H12Cl2N2O3. The van der Waals surface area contributed by atoms with Gasteiger partial charge in [-0.3, -0.25) is 4.79 Å². The summed E-state index contributed by atoms with van der Waals surface area (Å²) in [6.45, 7) is 3.45. The van der Waals surface area contributed by atoms with Gasteiger partial charge in [0.05, 0.1) is 15.7 Å². The Morgan fingerprint density at radius 1 is 1.32 bits per heavy atom. The molecule has 3 amide bonds. The molecule has 114 valence electrons. The lowest BCUT2D eigenvalue weighted by Crippen LogP contribution is -2.30. The maximum Gasteiger partial charge on any atom is 0.333 e. The van der Waals surface area contributed by atoms with Gasteiger partial charge in [0.1, 0.15) is 18.1 Å². The van der Waals surface area contributed by atoms with Crippen molar-refractivity contribution >= 4 is 40.8 Å². The van der Waals surface area contributed by atoms with E-state index in [4.69, 9.17) is 34.4 Å². The lowest BCUT2D eigenvalue weighted by Gasteiger charge is -2.16. The molecular weight excluding hydrogens is 327 g/mol. The third-order valence-corrected chi connectivity index (χ3v) is 3.50. The first-order valence-corrected chi connectivity index (χ1v) is 7.00. The second-order valence-corrected chi connectivity index (χ2v) is 5.49. The predicted octanol–water partition coefficient (Wildman–Crippen LogP) is 3.36. The number of nitrogens with one attached hydrogen (secondary N) is 1. The molecule has 1 fully saturated rings. The molecule has 0 aromatic heterocycles. The molecule has 1 aliphatic heterocycles. The van der Waals surface area contributed by atoms with Crippen LogP contribution in [0.1, 0.15) is 13.8 Å². The number of benzene rings is 1. The molecule has 0 radical (unpaired) electrons. The van der Waals surface area contributed by atoms with Crippen LogP contribution in [0.4, 0.5) is 10.5 Å². The molecule has 1 aromatic rings. The first-order chi connectivity index (χ1) is 10.4. The summed E-state index contributed by atoms with van der Waals surface area (Å²) in [5.41, 5.74) is 1.09. The Bertz CT molecular complexity index is 731. The summed E-state index contributed by atoms with van der Waals surface area (Å²) in [5.74, 6) is 2.06. The number of nitrogens with zero attached hydrogens (tertiary/aromatic N) is 1. The van der Waals surface area contributed by atoms with E-state index in [1.165, 1.54) is 12.1 Å². The molecule has 7 heteroatoms. The number of terminal acetylenes is 1. The molecule has 22 heavy (non-hydrogen) atoms. The van der Waals surface area contributed by atoms with Crippen molar-refractivity contribution in [1.29, 1.82) is 0 Å². The normalized spacial score (nSPS) is 14.0. The van der Waals surface area contributed by atoms with Gasteiger partial charge in [-0.15, -0.1) is 6.42 Å². The number of carbonyl (C=O) groups excluding carboxylic acids is 2. The Labute approximate surface area is 137 Å². The Balaban J connectivity index is 2.49. The fourth-order valence-corrected chi connectivity index (χ4v) is 2.42. The van der Waals surface area contributed by atoms with Crippen molar-refractivity contribution in [3.8, 4) is 18.1 Å². The first-order valence-electron chi connectivity index (χ1n) is 6.25. The van der Waals surface area contributed by atoms with Crippen molar-refractivity contribution < 1.29 is 14.3 Å². The van der Waals surface area contributed by atoms with Crippen molar-refractivity contribution in [2.24, 2.45) is 0 Å². The summed E-state index contributed by atoms with van der Waals surface area (Å²) in [4.78, 5) is 25.3. The Kier molecular flexibility index (Phi) is 4.65. The number of urea groups is 1. The van der Waals surface area contributed by atoms with Crippen LogP contribution in [0.15, 0.2) is 23.4 Å². The van der Waals surface area contributed by atoms with Crippen molar-refractivity contribution in [3.63, 3.8) is 0 Å². The monoisotopic (exact) mass is 338 g/mol. The van der Waals surface area contributed by atoms with Crippen LogP contribution < -0.4 is 15.0 Å². The number of amides is 3. The van der Waals surface area contributed by atoms with Crippen molar-refractivity contribution in [3.05, 3.63) is 33.4 Å². The number of anilines is 1. The summed E-state index contributed by atoms with van der Waals surface area (Å²) < 4.78 is 5.28. The highest BCUT2D eigenvalue weighted by Gasteiger charge is 2.37. The third kappa shape index (κ3) is 2.89. The summed E-state index contributed by atoms with van der Waals surface area (Å²) >= 11 is 12.1. The van der Waals surface area contributed by atoms with E-state index < -0.39 is 11.9 Å². The SMILES string of the molecule is C#CCOc1cc(N2C(=O)NC(=C(C)C)C2=O)c(Cl)cc1Cl. The molecule has 1 heterocycles. The van der Waals surface area contributed by atoms with Crippen LogP contribution in [0, 0.1) is 12.3 Å². The van der Waals surface area contributed by atoms with Crippen molar-refractivity contribution in [1.82, 2.24) is 5.32 Å². The van der Waals surface area contributed by atoms with Crippen LogP contribution in [-0.4, -0.2) is 18.5 Å². The number of carbonyl (C=O) groups is 2. The number of ether oxygens (including phenoxy) is 1. The van der Waals surface area contributed by atoms with E-state index in [9.17, 15) is 9.59 Å². The number of hydrogen-bond donors (Lipinski definition) is 1. The standard InChI is InChI=1S/C15H12Cl2N2O3/c1-4-5-22-12-7-11(9(16)6-10(12)17)19-14(20)13(8(2)3)18-15(19)21/h1,6-7H,5H2,2-3H3,(H,18,21). The largest absolute Gasteiger partial charge is 0.479 e. The molecule has 0 aliphatic carbocycles. The van der Waals surface area contributed by atoms with Gasteiger partial charge in [-0.2, -0.15) is 0 Å². The zero-order valence-electron chi connectivity index (χ0n) is 11.9. The zero-order valence-corrected chi connectivity index (χ0v) is 13.4. The van der Waals surface area contributed by atoms with E-state index >= 15 is 0 Å². The first kappa shape index (κ1) is 16.2. The quantitative estimate of drug-likeness (QED) is 0.522. The molecule has 2 rings (SSSR count). The fraction of sp³-hybridized carbons (Fsp3) is 0.200. The highest BCUT2D eigenvalue weighted by molar-refractivity contribution is 6.39. The molecule has 0 saturated carbocycles. The average Bonchev–Trinajstić information content (AvgIpc) is 2.74. The van der Waals surface area contributed by atoms with Gasteiger partial charge in [-0.25, -0.2) is 9.69 Å². The van der Waals surface area contributed by atoms with E-state index in [0.717, 1.165) is 4.90 Å². The maximum atomic E-state index is 12.3. The molecule has 1 aliphatic rings. The van der Waals surface area contributed by atoms with Gasteiger partial charge >= 0.3 is 6.03 Å². The van der Waals surface area contributed by atoms with Crippen LogP contribution in [0.5, 0.6) is 5.75 Å². The van der Waals surface area contributed by atoms with Gasteiger partial charge in [0.25, 0.3) is 5.91 Å². The Morgan fingerprint density at radius 2 is 2.00 bits per heavy atom. The van der Waals surface area contributed by atoms with E-state index in [1.54, 1.807) is 13.8 Å². The number of allylic oxidation sites excluding steroid dienone is 1. The van der Waals surface area contributed by atoms with E-state index in [1.807, 2.05) is 0 Å². The molecule has 5 nitrogen and oxygen atoms in total. The topological polar surface area (TPSA) is 58.6 Å². The fourth-order valence-electron chi connectivity index (χ4n) is 1.90. The Morgan fingerprint density at radius 3 is 2.55 bits per heavy atom. The van der Waals surface area contributed by atoms with E-state index in [-0.39, 0.29) is 33.8 Å². The molecule has 0 unspecified atom stereocenters. The van der Waals surface area contributed by atoms with Gasteiger partial charge in [-0.1, -0.05) is 29.1 Å². The highest BCUT2D eigenvalue weighted by Crippen LogP contribution is 2.38. The highest BCUT2D eigenvalue weighted by atomic mass is 35.5. The molecule has 1 saturated heterocycles. The number of hydrogen-bond acceptors (Lipinski definition) is 3. The van der Waals surface area contributed by atoms with Gasteiger partial charge in [-0.05, 0) is 25.5 Å². The lowest BCUT2D eigenvalue weighted by molar-refractivity contribution is -0.114. The number of imide groups is 1. The maximum absolute atomic E-state index is 12.3. The minimum atomic E-state index is -0.590. The van der Waals surface area contributed by atoms with Crippen LogP contribution in [0.3, 0.4) is 0 Å². The molecule has 0 bridgehead atoms. The summed E-state index contributed by atoms with van der Waals surface area (Å²) in [5, 5.41) is 2.89. The molecule has 1 N–H and O–H groups in total. The van der Waals surface area contributed by atoms with Crippen LogP contribution >= 0.6 is 23.2 Å². The van der Waals surface area contributed by atoms with Gasteiger partial charge in [0.2, 0.25) is 0 Å². The zero-order chi connectivity index (χ0) is 16.4. The third-order valence-electron chi connectivity index (χ3n) is 2.91. The molecule has 1 aromatic carbocycles. The van der Waals surface area contributed by atoms with Crippen molar-refractivity contribution in [2.75, 3.05) is 11.5 Å². The smallest absolute Gasteiger partial charge is 0.333 e. The second-order valence-electron chi connectivity index (χ2n) is 4.67. The average molecular weight is 339 g/mol. The summed E-state index contributed by atoms with van der Waals surface area (Å²) in [7, 11) is 0. The minimum Gasteiger partial charge on any atom is -0.479 e. The Hall–Kier alpha value is -2.16. The van der Waals surface area contributed by atoms with Crippen molar-refractivity contribution in [2.45, 2.75) is 13.8 Å². The van der Waals surface area contributed by atoms with Gasteiger partial charge in [0, 0.05) is 6.07 Å². The predicted molar refractivity (Wildman–Crippen MR) is 85.2 cm³/mol. The summed E-state index contributed by atoms with van der Waals surface area (Å²) in [6.07, 6.45) is 5.13. The van der Waals surface area contributed by atoms with Crippen LogP contribution in [-0.2, 0) is 4.79 Å².